The molecule has 1 N–H and O–H groups in total. The molecule has 4 heterocycles. The molecule has 0 unspecified atom stereocenters. The summed E-state index contributed by atoms with van der Waals surface area (Å²) < 4.78 is 7.48. The second-order valence-electron chi connectivity index (χ2n) is 10.1. The number of hydrogen-bond donors (Lipinski definition) is 1. The number of nitrogens with zero attached hydrogens (tertiary/aromatic N) is 3. The monoisotopic (exact) mass is 566 g/mol. The number of unbranched alkanes of at least 4 members (excludes halogenated alkanes) is 9. The fraction of sp³-hybridized carbons (Fsp3) is 0.467. The zero-order chi connectivity index (χ0) is 27.6. The van der Waals surface area contributed by atoms with Crippen molar-refractivity contribution in [3.05, 3.63) is 68.9 Å². The molecule has 4 rings (SSSR count). The van der Waals surface area contributed by atoms with Crippen LogP contribution in [-0.4, -0.2) is 31.1 Å². The van der Waals surface area contributed by atoms with Crippen LogP contribution in [0.15, 0.2) is 50.8 Å². The van der Waals surface area contributed by atoms with Crippen molar-refractivity contribution in [2.24, 2.45) is 0 Å². The maximum atomic E-state index is 13.5. The number of rotatable bonds is 15. The highest BCUT2D eigenvalue weighted by Gasteiger charge is 2.32. The molecule has 0 saturated carbocycles. The van der Waals surface area contributed by atoms with E-state index in [-0.39, 0.29) is 11.5 Å². The van der Waals surface area contributed by atoms with Gasteiger partial charge in [0.2, 0.25) is 0 Å². The minimum Gasteiger partial charge on any atom is -0.467 e. The number of carbonyl (C=O) groups excluding carboxylic acids is 1. The Morgan fingerprint density at radius 3 is 2.44 bits per heavy atom. The number of aryl methyl sites for hydroxylation is 1. The molecule has 3 aromatic rings. The molecule has 0 radical (unpaired) electrons. The minimum atomic E-state index is -0.245. The van der Waals surface area contributed by atoms with Gasteiger partial charge < -0.3 is 9.73 Å². The minimum absolute atomic E-state index is 0.147. The van der Waals surface area contributed by atoms with Gasteiger partial charge in [-0.2, -0.15) is 0 Å². The van der Waals surface area contributed by atoms with Gasteiger partial charge in [-0.15, -0.1) is 0 Å². The Kier molecular flexibility index (Phi) is 10.8. The Morgan fingerprint density at radius 2 is 1.74 bits per heavy atom. The topological polar surface area (TPSA) is 79.8 Å². The number of hydrogen-bond acceptors (Lipinski definition) is 7. The molecule has 0 aliphatic carbocycles. The molecule has 0 spiro atoms. The molecule has 1 aliphatic rings. The van der Waals surface area contributed by atoms with E-state index in [1.165, 1.54) is 67.5 Å². The molecule has 1 aliphatic heterocycles. The van der Waals surface area contributed by atoms with Gasteiger partial charge in [0.05, 0.1) is 23.3 Å². The van der Waals surface area contributed by atoms with E-state index in [1.54, 1.807) is 23.4 Å². The number of fused-ring (bicyclic) bond motifs is 1. The standard InChI is InChI=1S/C30H38N4O3S2/c1-3-4-5-6-7-8-9-10-11-12-17-33-29(36)25(39-30(33)38)19-24-27(31-20-23-14-13-18-37-23)32-26-16-15-22(2)21-34(26)28(24)35/h13-16,18-19,21,31H,3-12,17,20H2,1-2H3/b25-19+. The van der Waals surface area contributed by atoms with E-state index in [0.29, 0.717) is 39.3 Å². The SMILES string of the molecule is CCCCCCCCCCCCN1C(=O)/C(=C\c2c(NCc3ccco3)nc3ccc(C)cn3c2=O)SC1=S. The van der Waals surface area contributed by atoms with Crippen LogP contribution in [0.3, 0.4) is 0 Å². The molecule has 39 heavy (non-hydrogen) atoms. The highest BCUT2D eigenvalue weighted by molar-refractivity contribution is 8.26. The van der Waals surface area contributed by atoms with Crippen LogP contribution in [0.25, 0.3) is 11.7 Å². The van der Waals surface area contributed by atoms with Crippen molar-refractivity contribution in [2.45, 2.75) is 84.6 Å². The normalized spacial score (nSPS) is 14.7. The maximum Gasteiger partial charge on any atom is 0.267 e. The summed E-state index contributed by atoms with van der Waals surface area (Å²) >= 11 is 6.79. The first-order valence-corrected chi connectivity index (χ1v) is 15.2. The van der Waals surface area contributed by atoms with Crippen molar-refractivity contribution < 1.29 is 9.21 Å². The Hall–Kier alpha value is -2.91. The zero-order valence-corrected chi connectivity index (χ0v) is 24.5. The van der Waals surface area contributed by atoms with Gasteiger partial charge in [-0.25, -0.2) is 4.98 Å². The molecule has 1 saturated heterocycles. The van der Waals surface area contributed by atoms with E-state index >= 15 is 0 Å². The third-order valence-corrected chi connectivity index (χ3v) is 8.28. The summed E-state index contributed by atoms with van der Waals surface area (Å²) in [5, 5.41) is 3.22. The highest BCUT2D eigenvalue weighted by atomic mass is 32.2. The lowest BCUT2D eigenvalue weighted by molar-refractivity contribution is -0.122. The number of anilines is 1. The second-order valence-corrected chi connectivity index (χ2v) is 11.7. The average Bonchev–Trinajstić information content (AvgIpc) is 3.54. The number of furan rings is 1. The van der Waals surface area contributed by atoms with E-state index in [1.807, 2.05) is 31.2 Å². The lowest BCUT2D eigenvalue weighted by Gasteiger charge is -2.14. The van der Waals surface area contributed by atoms with Crippen molar-refractivity contribution in [3.63, 3.8) is 0 Å². The predicted octanol–water partition coefficient (Wildman–Crippen LogP) is 7.33. The van der Waals surface area contributed by atoms with E-state index < -0.39 is 0 Å². The quantitative estimate of drug-likeness (QED) is 0.117. The summed E-state index contributed by atoms with van der Waals surface area (Å²) in [6.07, 6.45) is 17.3. The summed E-state index contributed by atoms with van der Waals surface area (Å²) in [6, 6.07) is 7.38. The van der Waals surface area contributed by atoms with E-state index in [2.05, 4.69) is 17.2 Å². The van der Waals surface area contributed by atoms with Gasteiger partial charge in [0.15, 0.2) is 0 Å². The lowest BCUT2D eigenvalue weighted by Crippen LogP contribution is -2.29. The molecule has 7 nitrogen and oxygen atoms in total. The molecule has 0 bridgehead atoms. The molecule has 0 aromatic carbocycles. The molecule has 9 heteroatoms. The number of aromatic nitrogens is 2. The third kappa shape index (κ3) is 7.82. The van der Waals surface area contributed by atoms with Crippen molar-refractivity contribution in [1.29, 1.82) is 0 Å². The fourth-order valence-corrected chi connectivity index (χ4v) is 5.98. The van der Waals surface area contributed by atoms with Gasteiger partial charge in [0, 0.05) is 12.7 Å². The summed E-state index contributed by atoms with van der Waals surface area (Å²) in [6.45, 7) is 5.14. The third-order valence-electron chi connectivity index (χ3n) is 6.90. The van der Waals surface area contributed by atoms with Gasteiger partial charge in [0.25, 0.3) is 11.5 Å². The van der Waals surface area contributed by atoms with Crippen LogP contribution in [0.5, 0.6) is 0 Å². The largest absolute Gasteiger partial charge is 0.467 e. The molecular weight excluding hydrogens is 528 g/mol. The predicted molar refractivity (Wildman–Crippen MR) is 164 cm³/mol. The summed E-state index contributed by atoms with van der Waals surface area (Å²) in [7, 11) is 0. The highest BCUT2D eigenvalue weighted by Crippen LogP contribution is 2.33. The summed E-state index contributed by atoms with van der Waals surface area (Å²) in [5.74, 6) is 0.974. The number of thioether (sulfide) groups is 1. The van der Waals surface area contributed by atoms with Crippen molar-refractivity contribution in [3.8, 4) is 0 Å². The Bertz CT molecular complexity index is 1360. The van der Waals surface area contributed by atoms with Gasteiger partial charge in [-0.1, -0.05) is 94.8 Å². The molecule has 1 amide bonds. The van der Waals surface area contributed by atoms with Crippen LogP contribution in [-0.2, 0) is 11.3 Å². The van der Waals surface area contributed by atoms with Crippen LogP contribution in [0.4, 0.5) is 5.82 Å². The summed E-state index contributed by atoms with van der Waals surface area (Å²) in [5.41, 5.74) is 1.55. The van der Waals surface area contributed by atoms with Crippen molar-refractivity contribution >= 4 is 51.7 Å². The Labute approximate surface area is 240 Å². The first kappa shape index (κ1) is 29.1. The zero-order valence-electron chi connectivity index (χ0n) is 22.9. The summed E-state index contributed by atoms with van der Waals surface area (Å²) in [4.78, 5) is 33.6. The molecule has 208 valence electrons. The molecule has 1 fully saturated rings. The van der Waals surface area contributed by atoms with E-state index in [4.69, 9.17) is 16.6 Å². The second kappa shape index (κ2) is 14.5. The molecule has 0 atom stereocenters. The van der Waals surface area contributed by atoms with Crippen LogP contribution in [0.2, 0.25) is 0 Å². The smallest absolute Gasteiger partial charge is 0.267 e. The molecule has 3 aromatic heterocycles. The lowest BCUT2D eigenvalue weighted by atomic mass is 10.1. The van der Waals surface area contributed by atoms with Gasteiger partial charge in [-0.3, -0.25) is 18.9 Å². The number of pyridine rings is 1. The van der Waals surface area contributed by atoms with Crippen LogP contribution < -0.4 is 10.9 Å². The van der Waals surface area contributed by atoms with Crippen LogP contribution in [0.1, 0.15) is 88.0 Å². The fourth-order valence-electron chi connectivity index (χ4n) is 4.69. The van der Waals surface area contributed by atoms with Crippen molar-refractivity contribution in [2.75, 3.05) is 11.9 Å². The van der Waals surface area contributed by atoms with Gasteiger partial charge >= 0.3 is 0 Å². The van der Waals surface area contributed by atoms with Gasteiger partial charge in [0.1, 0.15) is 21.5 Å². The van der Waals surface area contributed by atoms with Crippen molar-refractivity contribution in [1.82, 2.24) is 14.3 Å². The number of carbonyl (C=O) groups is 1. The van der Waals surface area contributed by atoms with E-state index in [9.17, 15) is 9.59 Å². The van der Waals surface area contributed by atoms with Crippen LogP contribution in [0, 0.1) is 6.92 Å². The van der Waals surface area contributed by atoms with Crippen LogP contribution >= 0.6 is 24.0 Å². The van der Waals surface area contributed by atoms with Gasteiger partial charge in [-0.05, 0) is 43.2 Å². The number of thiocarbonyl (C=S) groups is 1. The number of amides is 1. The van der Waals surface area contributed by atoms with E-state index in [0.717, 1.165) is 24.2 Å². The number of nitrogens with one attached hydrogen (secondary N) is 1. The maximum absolute atomic E-state index is 13.5. The Morgan fingerprint density at radius 1 is 1.03 bits per heavy atom. The average molecular weight is 567 g/mol. The Balaban J connectivity index is 1.42. The molecular formula is C30H38N4O3S2. The first-order valence-electron chi connectivity index (χ1n) is 14.0. The first-order chi connectivity index (χ1) is 19.0.